The summed E-state index contributed by atoms with van der Waals surface area (Å²) in [7, 11) is 2.22. The van der Waals surface area contributed by atoms with Crippen molar-refractivity contribution in [3.63, 3.8) is 0 Å². The second-order valence-corrected chi connectivity index (χ2v) is 6.29. The van der Waals surface area contributed by atoms with Gasteiger partial charge in [-0.25, -0.2) is 0 Å². The van der Waals surface area contributed by atoms with Crippen molar-refractivity contribution in [1.29, 1.82) is 0 Å². The lowest BCUT2D eigenvalue weighted by atomic mass is 9.76. The minimum absolute atomic E-state index is 0.321. The molecule has 1 aliphatic rings. The molecule has 2 N–H and O–H groups in total. The fourth-order valence-corrected chi connectivity index (χ4v) is 3.66. The van der Waals surface area contributed by atoms with Crippen LogP contribution in [0.3, 0.4) is 0 Å². The number of rotatable bonds is 4. The van der Waals surface area contributed by atoms with Gasteiger partial charge < -0.3 is 10.6 Å². The zero-order valence-corrected chi connectivity index (χ0v) is 12.4. The van der Waals surface area contributed by atoms with E-state index < -0.39 is 0 Å². The third-order valence-corrected chi connectivity index (χ3v) is 4.48. The fraction of sp³-hybridized carbons (Fsp3) is 0.688. The molecule has 1 saturated carbocycles. The van der Waals surface area contributed by atoms with E-state index in [1.165, 1.54) is 12.0 Å². The van der Waals surface area contributed by atoms with E-state index in [4.69, 9.17) is 5.73 Å². The van der Waals surface area contributed by atoms with Crippen molar-refractivity contribution >= 4 is 0 Å². The third-order valence-electron chi connectivity index (χ3n) is 4.48. The third kappa shape index (κ3) is 3.77. The molecule has 1 aromatic rings. The Kier molecular flexibility index (Phi) is 4.94. The van der Waals surface area contributed by atoms with E-state index in [0.717, 1.165) is 25.3 Å². The van der Waals surface area contributed by atoms with Crippen LogP contribution in [-0.2, 0) is 6.42 Å². The molecule has 1 fully saturated rings. The molecular weight excluding hydrogens is 234 g/mol. The van der Waals surface area contributed by atoms with Crippen molar-refractivity contribution in [2.75, 3.05) is 13.6 Å². The summed E-state index contributed by atoms with van der Waals surface area (Å²) in [6.07, 6.45) is 7.27. The Labute approximate surface area is 117 Å². The smallest absolute Gasteiger partial charge is 0.0270 e. The predicted molar refractivity (Wildman–Crippen MR) is 79.9 cm³/mol. The van der Waals surface area contributed by atoms with Gasteiger partial charge in [-0.15, -0.1) is 0 Å². The van der Waals surface area contributed by atoms with Gasteiger partial charge in [0.2, 0.25) is 0 Å². The zero-order chi connectivity index (χ0) is 13.8. The first-order valence-electron chi connectivity index (χ1n) is 7.42. The second-order valence-electron chi connectivity index (χ2n) is 6.29. The summed E-state index contributed by atoms with van der Waals surface area (Å²) < 4.78 is 0. The lowest BCUT2D eigenvalue weighted by Crippen LogP contribution is -2.53. The maximum Gasteiger partial charge on any atom is 0.0270 e. The number of pyridine rings is 1. The average Bonchev–Trinajstić information content (AvgIpc) is 2.36. The Bertz CT molecular complexity index is 367. The van der Waals surface area contributed by atoms with Crippen LogP contribution in [0.2, 0.25) is 0 Å². The van der Waals surface area contributed by atoms with E-state index in [1.54, 1.807) is 0 Å². The summed E-state index contributed by atoms with van der Waals surface area (Å²) in [5.74, 6) is 1.47. The summed E-state index contributed by atoms with van der Waals surface area (Å²) >= 11 is 0. The molecule has 0 aromatic carbocycles. The minimum Gasteiger partial charge on any atom is -0.326 e. The van der Waals surface area contributed by atoms with Crippen molar-refractivity contribution in [3.8, 4) is 0 Å². The minimum atomic E-state index is 0.321. The van der Waals surface area contributed by atoms with Gasteiger partial charge in [-0.05, 0) is 55.8 Å². The molecule has 0 saturated heterocycles. The number of likely N-dealkylation sites (N-methyl/N-ethyl adjacent to an activating group) is 1. The Morgan fingerprint density at radius 3 is 2.58 bits per heavy atom. The molecule has 19 heavy (non-hydrogen) atoms. The second kappa shape index (κ2) is 6.49. The molecule has 1 heterocycles. The highest BCUT2D eigenvalue weighted by atomic mass is 15.2. The van der Waals surface area contributed by atoms with Gasteiger partial charge in [0, 0.05) is 31.0 Å². The molecule has 1 aromatic heterocycles. The molecule has 3 heteroatoms. The van der Waals surface area contributed by atoms with Gasteiger partial charge in [-0.3, -0.25) is 4.98 Å². The van der Waals surface area contributed by atoms with E-state index in [2.05, 4.69) is 42.9 Å². The summed E-state index contributed by atoms with van der Waals surface area (Å²) in [5, 5.41) is 0. The number of hydrogen-bond acceptors (Lipinski definition) is 3. The SMILES string of the molecule is CC1CC(C)C(N(C)CCc2ccncc2)C(N)C1. The molecule has 0 aliphatic heterocycles. The van der Waals surface area contributed by atoms with E-state index in [1.807, 2.05) is 12.4 Å². The Morgan fingerprint density at radius 1 is 1.26 bits per heavy atom. The Balaban J connectivity index is 1.90. The zero-order valence-electron chi connectivity index (χ0n) is 12.4. The van der Waals surface area contributed by atoms with Crippen molar-refractivity contribution in [1.82, 2.24) is 9.88 Å². The molecule has 1 aliphatic carbocycles. The lowest BCUT2D eigenvalue weighted by molar-refractivity contribution is 0.0973. The van der Waals surface area contributed by atoms with E-state index in [-0.39, 0.29) is 0 Å². The number of nitrogens with zero attached hydrogens (tertiary/aromatic N) is 2. The summed E-state index contributed by atoms with van der Waals surface area (Å²) in [4.78, 5) is 6.52. The van der Waals surface area contributed by atoms with Crippen LogP contribution in [0.5, 0.6) is 0 Å². The molecular formula is C16H27N3. The average molecular weight is 261 g/mol. The summed E-state index contributed by atoms with van der Waals surface area (Å²) in [5.41, 5.74) is 7.73. The van der Waals surface area contributed by atoms with Crippen molar-refractivity contribution in [2.24, 2.45) is 17.6 Å². The van der Waals surface area contributed by atoms with E-state index >= 15 is 0 Å². The lowest BCUT2D eigenvalue weighted by Gasteiger charge is -2.43. The maximum absolute atomic E-state index is 6.38. The molecule has 2 rings (SSSR count). The topological polar surface area (TPSA) is 42.2 Å². The van der Waals surface area contributed by atoms with E-state index in [0.29, 0.717) is 18.0 Å². The molecule has 4 unspecified atom stereocenters. The monoisotopic (exact) mass is 261 g/mol. The van der Waals surface area contributed by atoms with Crippen LogP contribution >= 0.6 is 0 Å². The molecule has 0 spiro atoms. The molecule has 0 radical (unpaired) electrons. The summed E-state index contributed by atoms with van der Waals surface area (Å²) in [6, 6.07) is 5.04. The maximum atomic E-state index is 6.38. The normalized spacial score (nSPS) is 31.6. The largest absolute Gasteiger partial charge is 0.326 e. The van der Waals surface area contributed by atoms with Gasteiger partial charge in [-0.2, -0.15) is 0 Å². The molecule has 0 bridgehead atoms. The van der Waals surface area contributed by atoms with Crippen LogP contribution in [0.15, 0.2) is 24.5 Å². The molecule has 106 valence electrons. The predicted octanol–water partition coefficient (Wildman–Crippen LogP) is 2.32. The van der Waals surface area contributed by atoms with E-state index in [9.17, 15) is 0 Å². The van der Waals surface area contributed by atoms with Gasteiger partial charge in [0.1, 0.15) is 0 Å². The highest BCUT2D eigenvalue weighted by Crippen LogP contribution is 2.30. The van der Waals surface area contributed by atoms with Crippen molar-refractivity contribution < 1.29 is 0 Å². The fourth-order valence-electron chi connectivity index (χ4n) is 3.66. The van der Waals surface area contributed by atoms with Gasteiger partial charge in [-0.1, -0.05) is 13.8 Å². The standard InChI is InChI=1S/C16H27N3/c1-12-10-13(2)16(15(17)11-12)19(3)9-6-14-4-7-18-8-5-14/h4-5,7-8,12-13,15-16H,6,9-11,17H2,1-3H3. The van der Waals surface area contributed by atoms with Gasteiger partial charge in [0.25, 0.3) is 0 Å². The van der Waals surface area contributed by atoms with Crippen LogP contribution in [0.1, 0.15) is 32.3 Å². The first-order chi connectivity index (χ1) is 9.08. The van der Waals surface area contributed by atoms with Crippen LogP contribution < -0.4 is 5.73 Å². The highest BCUT2D eigenvalue weighted by Gasteiger charge is 2.33. The van der Waals surface area contributed by atoms with Gasteiger partial charge in [0.05, 0.1) is 0 Å². The molecule has 0 amide bonds. The molecule has 3 nitrogen and oxygen atoms in total. The van der Waals surface area contributed by atoms with Crippen LogP contribution in [0.25, 0.3) is 0 Å². The van der Waals surface area contributed by atoms with Gasteiger partial charge >= 0.3 is 0 Å². The number of nitrogens with two attached hydrogens (primary N) is 1. The summed E-state index contributed by atoms with van der Waals surface area (Å²) in [6.45, 7) is 5.74. The molecule has 4 atom stereocenters. The van der Waals surface area contributed by atoms with Gasteiger partial charge in [0.15, 0.2) is 0 Å². The quantitative estimate of drug-likeness (QED) is 0.904. The van der Waals surface area contributed by atoms with Crippen LogP contribution in [-0.4, -0.2) is 35.6 Å². The van der Waals surface area contributed by atoms with Crippen LogP contribution in [0, 0.1) is 11.8 Å². The highest BCUT2D eigenvalue weighted by molar-refractivity contribution is 5.10. The first-order valence-corrected chi connectivity index (χ1v) is 7.42. The van der Waals surface area contributed by atoms with Crippen molar-refractivity contribution in [3.05, 3.63) is 30.1 Å². The van der Waals surface area contributed by atoms with Crippen molar-refractivity contribution in [2.45, 2.75) is 45.2 Å². The Morgan fingerprint density at radius 2 is 1.95 bits per heavy atom. The van der Waals surface area contributed by atoms with Crippen LogP contribution in [0.4, 0.5) is 0 Å². The first kappa shape index (κ1) is 14.5. The number of aromatic nitrogens is 1. The Hall–Kier alpha value is -0.930. The number of hydrogen-bond donors (Lipinski definition) is 1.